The fraction of sp³-hybridized carbons (Fsp3) is 0.0526. The average Bonchev–Trinajstić information content (AvgIpc) is 2.54. The summed E-state index contributed by atoms with van der Waals surface area (Å²) in [7, 11) is 0. The predicted octanol–water partition coefficient (Wildman–Crippen LogP) is 4.50. The SMILES string of the molecule is Cc1c(C(=O)/C=C/c2ccc(Br)cc2)c(=O)[nH]c2ccccc12. The van der Waals surface area contributed by atoms with Gasteiger partial charge in [0, 0.05) is 15.4 Å². The van der Waals surface area contributed by atoms with Gasteiger partial charge in [0.15, 0.2) is 5.78 Å². The number of hydrogen-bond acceptors (Lipinski definition) is 2. The van der Waals surface area contributed by atoms with Crippen LogP contribution in [0.15, 0.2) is 63.9 Å². The number of benzene rings is 2. The molecule has 23 heavy (non-hydrogen) atoms. The summed E-state index contributed by atoms with van der Waals surface area (Å²) < 4.78 is 0.975. The Morgan fingerprint density at radius 2 is 1.78 bits per heavy atom. The number of carbonyl (C=O) groups is 1. The fourth-order valence-corrected chi connectivity index (χ4v) is 2.80. The summed E-state index contributed by atoms with van der Waals surface area (Å²) >= 11 is 3.37. The van der Waals surface area contributed by atoms with Crippen LogP contribution in [0, 0.1) is 6.92 Å². The maximum atomic E-state index is 12.5. The highest BCUT2D eigenvalue weighted by Crippen LogP contribution is 2.18. The van der Waals surface area contributed by atoms with Crippen LogP contribution in [0.3, 0.4) is 0 Å². The molecule has 2 aromatic carbocycles. The number of ketones is 1. The first-order valence-corrected chi connectivity index (χ1v) is 7.95. The van der Waals surface area contributed by atoms with Gasteiger partial charge in [-0.3, -0.25) is 9.59 Å². The van der Waals surface area contributed by atoms with Gasteiger partial charge < -0.3 is 4.98 Å². The first-order chi connectivity index (χ1) is 11.1. The third-order valence-electron chi connectivity index (χ3n) is 3.72. The Balaban J connectivity index is 2.01. The summed E-state index contributed by atoms with van der Waals surface area (Å²) in [6.45, 7) is 1.80. The third kappa shape index (κ3) is 3.17. The molecule has 0 saturated carbocycles. The topological polar surface area (TPSA) is 49.9 Å². The Hall–Kier alpha value is -2.46. The molecule has 1 heterocycles. The van der Waals surface area contributed by atoms with E-state index in [9.17, 15) is 9.59 Å². The lowest BCUT2D eigenvalue weighted by molar-refractivity contribution is 0.104. The van der Waals surface area contributed by atoms with Gasteiger partial charge in [0.1, 0.15) is 0 Å². The van der Waals surface area contributed by atoms with E-state index >= 15 is 0 Å². The van der Waals surface area contributed by atoms with E-state index in [2.05, 4.69) is 20.9 Å². The maximum absolute atomic E-state index is 12.5. The van der Waals surface area contributed by atoms with Crippen molar-refractivity contribution in [1.82, 2.24) is 4.98 Å². The lowest BCUT2D eigenvalue weighted by Crippen LogP contribution is -2.18. The first kappa shape index (κ1) is 15.4. The Morgan fingerprint density at radius 1 is 1.09 bits per heavy atom. The maximum Gasteiger partial charge on any atom is 0.259 e. The number of H-pyrrole nitrogens is 1. The number of pyridine rings is 1. The largest absolute Gasteiger partial charge is 0.321 e. The van der Waals surface area contributed by atoms with Crippen LogP contribution >= 0.6 is 15.9 Å². The summed E-state index contributed by atoms with van der Waals surface area (Å²) in [5.74, 6) is -0.294. The molecule has 3 aromatic rings. The van der Waals surface area contributed by atoms with E-state index < -0.39 is 0 Å². The number of aryl methyl sites for hydroxylation is 1. The summed E-state index contributed by atoms with van der Waals surface area (Å²) in [5.41, 5.74) is 2.18. The molecule has 0 saturated heterocycles. The van der Waals surface area contributed by atoms with Crippen molar-refractivity contribution in [2.45, 2.75) is 6.92 Å². The molecule has 3 nitrogen and oxygen atoms in total. The number of halogens is 1. The zero-order chi connectivity index (χ0) is 16.4. The standard InChI is InChI=1S/C19H14BrNO2/c1-12-15-4-2-3-5-16(15)21-19(23)18(12)17(22)11-8-13-6-9-14(20)10-7-13/h2-11H,1H3,(H,21,23)/b11-8+. The molecule has 0 radical (unpaired) electrons. The summed E-state index contributed by atoms with van der Waals surface area (Å²) in [5, 5.41) is 0.882. The monoisotopic (exact) mass is 367 g/mol. The van der Waals surface area contributed by atoms with Gasteiger partial charge in [-0.2, -0.15) is 0 Å². The number of aromatic nitrogens is 1. The number of aromatic amines is 1. The minimum absolute atomic E-state index is 0.192. The van der Waals surface area contributed by atoms with Crippen LogP contribution in [0.25, 0.3) is 17.0 Å². The molecule has 0 atom stereocenters. The van der Waals surface area contributed by atoms with E-state index in [4.69, 9.17) is 0 Å². The molecule has 0 aliphatic heterocycles. The molecule has 114 valence electrons. The number of carbonyl (C=O) groups excluding carboxylic acids is 1. The van der Waals surface area contributed by atoms with Crippen molar-refractivity contribution in [2.75, 3.05) is 0 Å². The highest BCUT2D eigenvalue weighted by atomic mass is 79.9. The Morgan fingerprint density at radius 3 is 2.52 bits per heavy atom. The zero-order valence-electron chi connectivity index (χ0n) is 12.5. The third-order valence-corrected chi connectivity index (χ3v) is 4.25. The first-order valence-electron chi connectivity index (χ1n) is 7.16. The smallest absolute Gasteiger partial charge is 0.259 e. The lowest BCUT2D eigenvalue weighted by Gasteiger charge is -2.06. The summed E-state index contributed by atoms with van der Waals surface area (Å²) in [6.07, 6.45) is 3.15. The van der Waals surface area contributed by atoms with Crippen molar-refractivity contribution in [3.05, 3.63) is 86.1 Å². The molecule has 0 aliphatic rings. The van der Waals surface area contributed by atoms with Crippen molar-refractivity contribution < 1.29 is 4.79 Å². The van der Waals surface area contributed by atoms with E-state index in [1.165, 1.54) is 6.08 Å². The number of nitrogens with one attached hydrogen (secondary N) is 1. The van der Waals surface area contributed by atoms with Crippen molar-refractivity contribution in [3.63, 3.8) is 0 Å². The van der Waals surface area contributed by atoms with E-state index in [-0.39, 0.29) is 16.9 Å². The van der Waals surface area contributed by atoms with Gasteiger partial charge >= 0.3 is 0 Å². The molecule has 0 spiro atoms. The van der Waals surface area contributed by atoms with E-state index in [0.29, 0.717) is 5.56 Å². The number of para-hydroxylation sites is 1. The number of allylic oxidation sites excluding steroid dienone is 1. The Kier molecular flexibility index (Phi) is 4.26. The van der Waals surface area contributed by atoms with Gasteiger partial charge in [-0.05, 0) is 42.3 Å². The minimum Gasteiger partial charge on any atom is -0.321 e. The van der Waals surface area contributed by atoms with Gasteiger partial charge in [-0.25, -0.2) is 0 Å². The molecule has 1 N–H and O–H groups in total. The second-order valence-electron chi connectivity index (χ2n) is 5.25. The molecule has 0 amide bonds. The normalized spacial score (nSPS) is 11.2. The van der Waals surface area contributed by atoms with Crippen LogP contribution in [0.1, 0.15) is 21.5 Å². The Bertz CT molecular complexity index is 969. The van der Waals surface area contributed by atoms with Crippen molar-refractivity contribution >= 4 is 38.7 Å². The average molecular weight is 368 g/mol. The van der Waals surface area contributed by atoms with Crippen molar-refractivity contribution in [1.29, 1.82) is 0 Å². The number of fused-ring (bicyclic) bond motifs is 1. The van der Waals surface area contributed by atoms with Gasteiger partial charge in [0.25, 0.3) is 5.56 Å². The van der Waals surface area contributed by atoms with Gasteiger partial charge in [0.05, 0.1) is 5.56 Å². The molecule has 1 aromatic heterocycles. The summed E-state index contributed by atoms with van der Waals surface area (Å²) in [4.78, 5) is 27.5. The van der Waals surface area contributed by atoms with Crippen molar-refractivity contribution in [3.8, 4) is 0 Å². The van der Waals surface area contributed by atoms with Gasteiger partial charge in [0.2, 0.25) is 0 Å². The molecule has 0 bridgehead atoms. The van der Waals surface area contributed by atoms with Crippen LogP contribution in [0.2, 0.25) is 0 Å². The number of hydrogen-bond donors (Lipinski definition) is 1. The lowest BCUT2D eigenvalue weighted by atomic mass is 10.0. The quantitative estimate of drug-likeness (QED) is 0.547. The molecular formula is C19H14BrNO2. The molecule has 3 rings (SSSR count). The van der Waals surface area contributed by atoms with Crippen LogP contribution in [-0.2, 0) is 0 Å². The van der Waals surface area contributed by atoms with Gasteiger partial charge in [-0.1, -0.05) is 52.3 Å². The van der Waals surface area contributed by atoms with E-state index in [0.717, 1.165) is 20.9 Å². The zero-order valence-corrected chi connectivity index (χ0v) is 14.1. The van der Waals surface area contributed by atoms with Crippen LogP contribution in [0.5, 0.6) is 0 Å². The fourth-order valence-electron chi connectivity index (χ4n) is 2.53. The van der Waals surface area contributed by atoms with E-state index in [1.807, 2.05) is 48.5 Å². The highest BCUT2D eigenvalue weighted by molar-refractivity contribution is 9.10. The summed E-state index contributed by atoms with van der Waals surface area (Å²) in [6, 6.07) is 15.1. The van der Waals surface area contributed by atoms with Crippen LogP contribution in [0.4, 0.5) is 0 Å². The van der Waals surface area contributed by atoms with Crippen LogP contribution in [-0.4, -0.2) is 10.8 Å². The number of rotatable bonds is 3. The highest BCUT2D eigenvalue weighted by Gasteiger charge is 2.14. The second-order valence-corrected chi connectivity index (χ2v) is 6.16. The molecular weight excluding hydrogens is 354 g/mol. The predicted molar refractivity (Wildman–Crippen MR) is 96.8 cm³/mol. The Labute approximate surface area is 141 Å². The molecule has 4 heteroatoms. The van der Waals surface area contributed by atoms with E-state index in [1.54, 1.807) is 13.0 Å². The second kappa shape index (κ2) is 6.34. The van der Waals surface area contributed by atoms with Crippen molar-refractivity contribution in [2.24, 2.45) is 0 Å². The molecule has 0 fully saturated rings. The van der Waals surface area contributed by atoms with Gasteiger partial charge in [-0.15, -0.1) is 0 Å². The molecule has 0 unspecified atom stereocenters. The minimum atomic E-state index is -0.355. The molecule has 0 aliphatic carbocycles. The van der Waals surface area contributed by atoms with Crippen LogP contribution < -0.4 is 5.56 Å².